The SMILES string of the molecule is COc1cccc(Nc2cc(C)nc(Nc3ccccc3C(C)(C)C)n2)c1. The van der Waals surface area contributed by atoms with E-state index in [1.807, 2.05) is 43.3 Å². The molecule has 5 heteroatoms. The molecule has 0 aliphatic carbocycles. The molecule has 27 heavy (non-hydrogen) atoms. The molecule has 0 aliphatic heterocycles. The van der Waals surface area contributed by atoms with Gasteiger partial charge in [0.25, 0.3) is 0 Å². The Morgan fingerprint density at radius 1 is 0.889 bits per heavy atom. The van der Waals surface area contributed by atoms with Gasteiger partial charge in [0.05, 0.1) is 7.11 Å². The average molecular weight is 362 g/mol. The van der Waals surface area contributed by atoms with E-state index in [0.717, 1.165) is 28.6 Å². The normalized spacial score (nSPS) is 11.1. The lowest BCUT2D eigenvalue weighted by Gasteiger charge is -2.23. The van der Waals surface area contributed by atoms with Crippen molar-refractivity contribution in [2.24, 2.45) is 0 Å². The number of para-hydroxylation sites is 1. The molecule has 3 rings (SSSR count). The number of nitrogens with one attached hydrogen (secondary N) is 2. The molecule has 0 amide bonds. The summed E-state index contributed by atoms with van der Waals surface area (Å²) in [6.45, 7) is 8.54. The largest absolute Gasteiger partial charge is 0.497 e. The third kappa shape index (κ3) is 4.76. The van der Waals surface area contributed by atoms with E-state index in [9.17, 15) is 0 Å². The third-order valence-corrected chi connectivity index (χ3v) is 4.18. The summed E-state index contributed by atoms with van der Waals surface area (Å²) in [6.07, 6.45) is 0. The van der Waals surface area contributed by atoms with Crippen molar-refractivity contribution in [2.45, 2.75) is 33.1 Å². The summed E-state index contributed by atoms with van der Waals surface area (Å²) in [4.78, 5) is 9.17. The Balaban J connectivity index is 1.88. The first-order chi connectivity index (χ1) is 12.8. The second-order valence-corrected chi connectivity index (χ2v) is 7.50. The summed E-state index contributed by atoms with van der Waals surface area (Å²) in [5, 5.41) is 6.70. The first-order valence-electron chi connectivity index (χ1n) is 8.98. The summed E-state index contributed by atoms with van der Waals surface area (Å²) in [6, 6.07) is 17.9. The van der Waals surface area contributed by atoms with Crippen LogP contribution in [-0.4, -0.2) is 17.1 Å². The summed E-state index contributed by atoms with van der Waals surface area (Å²) < 4.78 is 5.28. The number of anilines is 4. The highest BCUT2D eigenvalue weighted by atomic mass is 16.5. The highest BCUT2D eigenvalue weighted by Gasteiger charge is 2.18. The molecule has 5 nitrogen and oxygen atoms in total. The van der Waals surface area contributed by atoms with Gasteiger partial charge in [0, 0.05) is 29.2 Å². The fraction of sp³-hybridized carbons (Fsp3) is 0.273. The van der Waals surface area contributed by atoms with Gasteiger partial charge in [-0.05, 0) is 36.1 Å². The molecule has 0 radical (unpaired) electrons. The molecule has 0 saturated carbocycles. The van der Waals surface area contributed by atoms with Gasteiger partial charge in [-0.3, -0.25) is 0 Å². The maximum atomic E-state index is 5.28. The molecular weight excluding hydrogens is 336 g/mol. The molecule has 1 aromatic heterocycles. The maximum absolute atomic E-state index is 5.28. The van der Waals surface area contributed by atoms with Crippen LogP contribution in [0.3, 0.4) is 0 Å². The van der Waals surface area contributed by atoms with E-state index in [4.69, 9.17) is 4.74 Å². The molecular formula is C22H26N4O. The second-order valence-electron chi connectivity index (χ2n) is 7.50. The Morgan fingerprint density at radius 2 is 1.67 bits per heavy atom. The molecule has 0 saturated heterocycles. The van der Waals surface area contributed by atoms with Crippen molar-refractivity contribution < 1.29 is 4.74 Å². The minimum Gasteiger partial charge on any atom is -0.497 e. The molecule has 3 aromatic rings. The van der Waals surface area contributed by atoms with Gasteiger partial charge in [-0.2, -0.15) is 4.98 Å². The van der Waals surface area contributed by atoms with Gasteiger partial charge in [-0.15, -0.1) is 0 Å². The molecule has 0 fully saturated rings. The fourth-order valence-electron chi connectivity index (χ4n) is 2.90. The van der Waals surface area contributed by atoms with Crippen molar-refractivity contribution in [3.05, 3.63) is 65.9 Å². The minimum atomic E-state index is 0.0229. The van der Waals surface area contributed by atoms with E-state index in [1.54, 1.807) is 7.11 Å². The van der Waals surface area contributed by atoms with Crippen LogP contribution in [0.5, 0.6) is 5.75 Å². The van der Waals surface area contributed by atoms with Crippen LogP contribution in [0.4, 0.5) is 23.1 Å². The predicted octanol–water partition coefficient (Wildman–Crippen LogP) is 5.58. The topological polar surface area (TPSA) is 59.1 Å². The number of hydrogen-bond acceptors (Lipinski definition) is 5. The minimum absolute atomic E-state index is 0.0229. The zero-order chi connectivity index (χ0) is 19.4. The van der Waals surface area contributed by atoms with Gasteiger partial charge in [-0.25, -0.2) is 4.98 Å². The van der Waals surface area contributed by atoms with Gasteiger partial charge in [0.2, 0.25) is 5.95 Å². The summed E-state index contributed by atoms with van der Waals surface area (Å²) in [5.74, 6) is 2.09. The number of ether oxygens (including phenoxy) is 1. The quantitative estimate of drug-likeness (QED) is 0.620. The summed E-state index contributed by atoms with van der Waals surface area (Å²) in [7, 11) is 1.66. The van der Waals surface area contributed by atoms with E-state index in [0.29, 0.717) is 5.95 Å². The molecule has 2 N–H and O–H groups in total. The standard InChI is InChI=1S/C22H26N4O/c1-15-13-20(24-16-9-8-10-17(14-16)27-5)26-21(23-15)25-19-12-7-6-11-18(19)22(2,3)4/h6-14H,1-5H3,(H2,23,24,25,26). The van der Waals surface area contributed by atoms with Crippen molar-refractivity contribution >= 4 is 23.1 Å². The smallest absolute Gasteiger partial charge is 0.229 e. The molecule has 0 bridgehead atoms. The number of hydrogen-bond donors (Lipinski definition) is 2. The zero-order valence-electron chi connectivity index (χ0n) is 16.5. The van der Waals surface area contributed by atoms with Crippen LogP contribution < -0.4 is 15.4 Å². The van der Waals surface area contributed by atoms with Gasteiger partial charge in [-0.1, -0.05) is 45.0 Å². The lowest BCUT2D eigenvalue weighted by Crippen LogP contribution is -2.14. The Morgan fingerprint density at radius 3 is 2.41 bits per heavy atom. The number of rotatable bonds is 5. The highest BCUT2D eigenvalue weighted by Crippen LogP contribution is 2.31. The zero-order valence-corrected chi connectivity index (χ0v) is 16.5. The first kappa shape index (κ1) is 18.7. The number of methoxy groups -OCH3 is 1. The Bertz CT molecular complexity index is 932. The lowest BCUT2D eigenvalue weighted by atomic mass is 9.86. The number of aromatic nitrogens is 2. The molecule has 2 aromatic carbocycles. The van der Waals surface area contributed by atoms with Crippen molar-refractivity contribution in [3.63, 3.8) is 0 Å². The van der Waals surface area contributed by atoms with E-state index in [-0.39, 0.29) is 5.41 Å². The Kier molecular flexibility index (Phi) is 5.31. The van der Waals surface area contributed by atoms with Gasteiger partial charge < -0.3 is 15.4 Å². The fourth-order valence-corrected chi connectivity index (χ4v) is 2.90. The van der Waals surface area contributed by atoms with Crippen LogP contribution in [0.2, 0.25) is 0 Å². The van der Waals surface area contributed by atoms with Crippen LogP contribution in [-0.2, 0) is 5.41 Å². The second kappa shape index (κ2) is 7.66. The van der Waals surface area contributed by atoms with Crippen molar-refractivity contribution in [2.75, 3.05) is 17.7 Å². The Hall–Kier alpha value is -3.08. The van der Waals surface area contributed by atoms with E-state index in [2.05, 4.69) is 59.6 Å². The van der Waals surface area contributed by atoms with Crippen LogP contribution in [0, 0.1) is 6.92 Å². The molecule has 0 atom stereocenters. The van der Waals surface area contributed by atoms with E-state index in [1.165, 1.54) is 5.56 Å². The van der Waals surface area contributed by atoms with Crippen LogP contribution >= 0.6 is 0 Å². The molecule has 1 heterocycles. The van der Waals surface area contributed by atoms with Crippen LogP contribution in [0.25, 0.3) is 0 Å². The van der Waals surface area contributed by atoms with Gasteiger partial charge in [0.15, 0.2) is 0 Å². The summed E-state index contributed by atoms with van der Waals surface area (Å²) >= 11 is 0. The number of nitrogens with zero attached hydrogens (tertiary/aromatic N) is 2. The third-order valence-electron chi connectivity index (χ3n) is 4.18. The molecule has 0 aliphatic rings. The predicted molar refractivity (Wildman–Crippen MR) is 111 cm³/mol. The Labute approximate surface area is 160 Å². The highest BCUT2D eigenvalue weighted by molar-refractivity contribution is 5.63. The molecule has 140 valence electrons. The molecule has 0 spiro atoms. The average Bonchev–Trinajstić information content (AvgIpc) is 2.61. The van der Waals surface area contributed by atoms with E-state index < -0.39 is 0 Å². The maximum Gasteiger partial charge on any atom is 0.229 e. The number of benzene rings is 2. The van der Waals surface area contributed by atoms with Crippen molar-refractivity contribution in [1.29, 1.82) is 0 Å². The van der Waals surface area contributed by atoms with Gasteiger partial charge in [0.1, 0.15) is 11.6 Å². The molecule has 0 unspecified atom stereocenters. The first-order valence-corrected chi connectivity index (χ1v) is 8.98. The van der Waals surface area contributed by atoms with Gasteiger partial charge >= 0.3 is 0 Å². The van der Waals surface area contributed by atoms with Crippen LogP contribution in [0.15, 0.2) is 54.6 Å². The monoisotopic (exact) mass is 362 g/mol. The van der Waals surface area contributed by atoms with Crippen molar-refractivity contribution in [3.8, 4) is 5.75 Å². The summed E-state index contributed by atoms with van der Waals surface area (Å²) in [5.41, 5.74) is 4.05. The lowest BCUT2D eigenvalue weighted by molar-refractivity contribution is 0.415. The number of aryl methyl sites for hydroxylation is 1. The van der Waals surface area contributed by atoms with Crippen LogP contribution in [0.1, 0.15) is 32.0 Å². The van der Waals surface area contributed by atoms with Crippen molar-refractivity contribution in [1.82, 2.24) is 9.97 Å². The van der Waals surface area contributed by atoms with E-state index >= 15 is 0 Å².